The van der Waals surface area contributed by atoms with Crippen LogP contribution in [0.5, 0.6) is 0 Å². The Kier molecular flexibility index (Phi) is 3.18. The van der Waals surface area contributed by atoms with Gasteiger partial charge in [-0.25, -0.2) is 14.6 Å². The van der Waals surface area contributed by atoms with Crippen molar-refractivity contribution < 1.29 is 14.7 Å². The number of carboxylic acid groups (broad SMARTS) is 1. The number of carbonyl (C=O) groups is 2. The number of hydrogen-bond acceptors (Lipinski definition) is 3. The molecule has 6 heteroatoms. The monoisotopic (exact) mass is 215 g/mol. The maximum atomic E-state index is 11.7. The molecule has 0 aliphatic carbocycles. The van der Waals surface area contributed by atoms with Gasteiger partial charge in [0.15, 0.2) is 0 Å². The Morgan fingerprint density at radius 1 is 1.47 bits per heavy atom. The lowest BCUT2D eigenvalue weighted by atomic mass is 10.00. The van der Waals surface area contributed by atoms with Gasteiger partial charge in [-0.15, -0.1) is 0 Å². The van der Waals surface area contributed by atoms with Gasteiger partial charge in [0.1, 0.15) is 5.54 Å². The van der Waals surface area contributed by atoms with Gasteiger partial charge in [-0.3, -0.25) is 5.43 Å². The number of rotatable bonds is 2. The van der Waals surface area contributed by atoms with Crippen LogP contribution in [0.25, 0.3) is 0 Å². The zero-order valence-electron chi connectivity index (χ0n) is 9.28. The number of hydrogen-bond donors (Lipinski definition) is 2. The summed E-state index contributed by atoms with van der Waals surface area (Å²) >= 11 is 0. The predicted octanol–water partition coefficient (Wildman–Crippen LogP) is 0.112. The lowest BCUT2D eigenvalue weighted by molar-refractivity contribution is -0.147. The maximum Gasteiger partial charge on any atom is 0.332 e. The second kappa shape index (κ2) is 4.06. The average molecular weight is 215 g/mol. The Bertz CT molecular complexity index is 280. The van der Waals surface area contributed by atoms with Crippen molar-refractivity contribution in [3.63, 3.8) is 0 Å². The number of nitrogens with one attached hydrogen (secondary N) is 1. The number of urea groups is 1. The highest BCUT2D eigenvalue weighted by atomic mass is 16.4. The van der Waals surface area contributed by atoms with E-state index in [-0.39, 0.29) is 6.03 Å². The molecule has 0 aromatic rings. The molecule has 1 atom stereocenters. The third-order valence-corrected chi connectivity index (χ3v) is 2.67. The highest BCUT2D eigenvalue weighted by molar-refractivity contribution is 5.86. The van der Waals surface area contributed by atoms with E-state index in [9.17, 15) is 9.59 Å². The van der Waals surface area contributed by atoms with Gasteiger partial charge >= 0.3 is 12.0 Å². The summed E-state index contributed by atoms with van der Waals surface area (Å²) in [5, 5.41) is 10.6. The number of amides is 2. The standard InChI is InChI=1S/C9H17N3O3/c1-9(7(13)14)5-4-6-12(9)8(15)10-11(2)3/h4-6H2,1-3H3,(H,10,15)(H,13,14). The van der Waals surface area contributed by atoms with Crippen LogP contribution in [-0.4, -0.2) is 53.2 Å². The van der Waals surface area contributed by atoms with Gasteiger partial charge in [0.25, 0.3) is 0 Å². The van der Waals surface area contributed by atoms with Gasteiger partial charge in [-0.05, 0) is 19.8 Å². The zero-order valence-corrected chi connectivity index (χ0v) is 9.28. The Balaban J connectivity index is 2.76. The molecule has 1 rings (SSSR count). The Morgan fingerprint density at radius 3 is 2.53 bits per heavy atom. The first-order chi connectivity index (χ1) is 6.88. The third kappa shape index (κ3) is 2.20. The first-order valence-corrected chi connectivity index (χ1v) is 4.87. The molecule has 1 aliphatic heterocycles. The van der Waals surface area contributed by atoms with E-state index >= 15 is 0 Å². The second-order valence-electron chi connectivity index (χ2n) is 4.15. The quantitative estimate of drug-likeness (QED) is 0.641. The highest BCUT2D eigenvalue weighted by Gasteiger charge is 2.46. The number of likely N-dealkylation sites (tertiary alicyclic amines) is 1. The van der Waals surface area contributed by atoms with Crippen LogP contribution in [0.3, 0.4) is 0 Å². The topological polar surface area (TPSA) is 72.9 Å². The Labute approximate surface area is 88.8 Å². The Hall–Kier alpha value is -1.30. The summed E-state index contributed by atoms with van der Waals surface area (Å²) in [4.78, 5) is 24.1. The summed E-state index contributed by atoms with van der Waals surface area (Å²) in [6, 6.07) is -0.359. The summed E-state index contributed by atoms with van der Waals surface area (Å²) in [6.45, 7) is 2.07. The van der Waals surface area contributed by atoms with Crippen LogP contribution >= 0.6 is 0 Å². The first-order valence-electron chi connectivity index (χ1n) is 4.87. The van der Waals surface area contributed by atoms with Gasteiger partial charge in [0.2, 0.25) is 0 Å². The van der Waals surface area contributed by atoms with Crippen LogP contribution in [0.15, 0.2) is 0 Å². The average Bonchev–Trinajstić information content (AvgIpc) is 2.47. The molecule has 1 unspecified atom stereocenters. The fraction of sp³-hybridized carbons (Fsp3) is 0.778. The van der Waals surface area contributed by atoms with Crippen LogP contribution in [0, 0.1) is 0 Å². The van der Waals surface area contributed by atoms with E-state index in [1.54, 1.807) is 21.0 Å². The fourth-order valence-electron chi connectivity index (χ4n) is 1.76. The van der Waals surface area contributed by atoms with Crippen molar-refractivity contribution in [2.75, 3.05) is 20.6 Å². The van der Waals surface area contributed by atoms with Crippen molar-refractivity contribution in [3.05, 3.63) is 0 Å². The maximum absolute atomic E-state index is 11.7. The van der Waals surface area contributed by atoms with E-state index in [0.29, 0.717) is 13.0 Å². The van der Waals surface area contributed by atoms with Crippen molar-refractivity contribution in [1.82, 2.24) is 15.3 Å². The summed E-state index contributed by atoms with van der Waals surface area (Å²) < 4.78 is 0. The third-order valence-electron chi connectivity index (χ3n) is 2.67. The van der Waals surface area contributed by atoms with Crippen LogP contribution in [0.4, 0.5) is 4.79 Å². The summed E-state index contributed by atoms with van der Waals surface area (Å²) in [5.74, 6) is -0.950. The summed E-state index contributed by atoms with van der Waals surface area (Å²) in [7, 11) is 3.37. The summed E-state index contributed by atoms with van der Waals surface area (Å²) in [6.07, 6.45) is 1.23. The lowest BCUT2D eigenvalue weighted by Gasteiger charge is -2.32. The predicted molar refractivity (Wildman–Crippen MR) is 54.2 cm³/mol. The number of hydrazine groups is 1. The molecule has 0 aromatic carbocycles. The molecule has 6 nitrogen and oxygen atoms in total. The van der Waals surface area contributed by atoms with Gasteiger partial charge < -0.3 is 10.0 Å². The Morgan fingerprint density at radius 2 is 2.07 bits per heavy atom. The van der Waals surface area contributed by atoms with E-state index in [0.717, 1.165) is 6.42 Å². The minimum atomic E-state index is -1.07. The van der Waals surface area contributed by atoms with Gasteiger partial charge in [-0.2, -0.15) is 0 Å². The highest BCUT2D eigenvalue weighted by Crippen LogP contribution is 2.28. The molecule has 15 heavy (non-hydrogen) atoms. The van der Waals surface area contributed by atoms with Crippen molar-refractivity contribution in [2.45, 2.75) is 25.3 Å². The summed E-state index contributed by atoms with van der Waals surface area (Å²) in [5.41, 5.74) is 1.48. The van der Waals surface area contributed by atoms with Crippen molar-refractivity contribution >= 4 is 12.0 Å². The molecule has 2 amide bonds. The first kappa shape index (κ1) is 11.8. The number of carboxylic acids is 1. The van der Waals surface area contributed by atoms with E-state index in [1.807, 2.05) is 0 Å². The van der Waals surface area contributed by atoms with Gasteiger partial charge in [0, 0.05) is 20.6 Å². The molecule has 0 aromatic heterocycles. The van der Waals surface area contributed by atoms with Crippen molar-refractivity contribution in [1.29, 1.82) is 0 Å². The molecular weight excluding hydrogens is 198 g/mol. The fourth-order valence-corrected chi connectivity index (χ4v) is 1.76. The smallest absolute Gasteiger partial charge is 0.332 e. The molecule has 1 fully saturated rings. The minimum absolute atomic E-state index is 0.359. The van der Waals surface area contributed by atoms with E-state index in [1.165, 1.54) is 9.91 Å². The molecule has 0 bridgehead atoms. The van der Waals surface area contributed by atoms with Crippen LogP contribution < -0.4 is 5.43 Å². The van der Waals surface area contributed by atoms with E-state index < -0.39 is 11.5 Å². The molecule has 0 saturated carbocycles. The lowest BCUT2D eigenvalue weighted by Crippen LogP contribution is -2.56. The zero-order chi connectivity index (χ0) is 11.6. The van der Waals surface area contributed by atoms with Crippen LogP contribution in [0.2, 0.25) is 0 Å². The molecule has 1 saturated heterocycles. The molecule has 86 valence electrons. The molecule has 1 aliphatic rings. The van der Waals surface area contributed by atoms with E-state index in [2.05, 4.69) is 5.43 Å². The minimum Gasteiger partial charge on any atom is -0.480 e. The van der Waals surface area contributed by atoms with Crippen molar-refractivity contribution in [3.8, 4) is 0 Å². The molecule has 2 N–H and O–H groups in total. The molecule has 1 heterocycles. The molecule has 0 radical (unpaired) electrons. The van der Waals surface area contributed by atoms with Crippen LogP contribution in [0.1, 0.15) is 19.8 Å². The van der Waals surface area contributed by atoms with Crippen LogP contribution in [-0.2, 0) is 4.79 Å². The van der Waals surface area contributed by atoms with E-state index in [4.69, 9.17) is 5.11 Å². The number of aliphatic carboxylic acids is 1. The number of carbonyl (C=O) groups excluding carboxylic acids is 1. The molecular formula is C9H17N3O3. The van der Waals surface area contributed by atoms with Gasteiger partial charge in [0.05, 0.1) is 0 Å². The number of nitrogens with zero attached hydrogens (tertiary/aromatic N) is 2. The SMILES string of the molecule is CN(C)NC(=O)N1CCCC1(C)C(=O)O. The second-order valence-corrected chi connectivity index (χ2v) is 4.15. The largest absolute Gasteiger partial charge is 0.480 e. The normalized spacial score (nSPS) is 25.7. The molecule has 0 spiro atoms. The van der Waals surface area contributed by atoms with Crippen molar-refractivity contribution in [2.24, 2.45) is 0 Å². The van der Waals surface area contributed by atoms with Gasteiger partial charge in [-0.1, -0.05) is 0 Å².